The molecule has 0 aliphatic carbocycles. The number of benzene rings is 1. The molecule has 0 saturated carbocycles. The molecule has 0 amide bonds. The van der Waals surface area contributed by atoms with Gasteiger partial charge in [-0.2, -0.15) is 0 Å². The van der Waals surface area contributed by atoms with Gasteiger partial charge in [-0.1, -0.05) is 0 Å². The van der Waals surface area contributed by atoms with Gasteiger partial charge in [0.1, 0.15) is 5.75 Å². The number of ether oxygens (including phenoxy) is 3. The van der Waals surface area contributed by atoms with E-state index >= 15 is 0 Å². The summed E-state index contributed by atoms with van der Waals surface area (Å²) in [4.78, 5) is 0. The number of aromatic hydroxyl groups is 1. The van der Waals surface area contributed by atoms with E-state index in [1.165, 1.54) is 13.2 Å². The van der Waals surface area contributed by atoms with Gasteiger partial charge in [0, 0.05) is 13.2 Å². The molecule has 0 aliphatic heterocycles. The Hall–Kier alpha value is -1.42. The average Bonchev–Trinajstić information content (AvgIpc) is 2.21. The van der Waals surface area contributed by atoms with Gasteiger partial charge >= 0.3 is 0 Å². The first-order valence-electron chi connectivity index (χ1n) is 4.24. The standard InChI is InChI=1S/C10H14O4/c1-7(12-2)14-10-6-8(13-3)4-5-9(10)11/h4-7,11H,1-3H3. The topological polar surface area (TPSA) is 47.9 Å². The third kappa shape index (κ3) is 2.53. The summed E-state index contributed by atoms with van der Waals surface area (Å²) in [7, 11) is 3.08. The van der Waals surface area contributed by atoms with Crippen LogP contribution in [-0.4, -0.2) is 25.6 Å². The van der Waals surface area contributed by atoms with Crippen molar-refractivity contribution in [1.29, 1.82) is 0 Å². The first-order valence-corrected chi connectivity index (χ1v) is 4.24. The lowest BCUT2D eigenvalue weighted by Crippen LogP contribution is -2.13. The van der Waals surface area contributed by atoms with Crippen LogP contribution in [0, 0.1) is 0 Å². The van der Waals surface area contributed by atoms with Crippen molar-refractivity contribution in [3.63, 3.8) is 0 Å². The fraction of sp³-hybridized carbons (Fsp3) is 0.400. The monoisotopic (exact) mass is 198 g/mol. The molecule has 0 aliphatic rings. The second-order valence-corrected chi connectivity index (χ2v) is 2.75. The SMILES string of the molecule is COc1ccc(O)c(OC(C)OC)c1. The third-order valence-corrected chi connectivity index (χ3v) is 1.79. The molecule has 1 N–H and O–H groups in total. The molecule has 0 radical (unpaired) electrons. The van der Waals surface area contributed by atoms with E-state index in [1.807, 2.05) is 0 Å². The zero-order valence-corrected chi connectivity index (χ0v) is 8.48. The zero-order valence-electron chi connectivity index (χ0n) is 8.48. The maximum absolute atomic E-state index is 9.44. The quantitative estimate of drug-likeness (QED) is 0.749. The molecule has 14 heavy (non-hydrogen) atoms. The summed E-state index contributed by atoms with van der Waals surface area (Å²) in [6.45, 7) is 1.74. The van der Waals surface area contributed by atoms with Crippen LogP contribution in [0.25, 0.3) is 0 Å². The first-order chi connectivity index (χ1) is 6.67. The summed E-state index contributed by atoms with van der Waals surface area (Å²) in [5.74, 6) is 1.04. The van der Waals surface area contributed by atoms with Gasteiger partial charge in [-0.15, -0.1) is 0 Å². The van der Waals surface area contributed by atoms with Gasteiger partial charge in [0.05, 0.1) is 7.11 Å². The van der Waals surface area contributed by atoms with Crippen molar-refractivity contribution in [2.45, 2.75) is 13.2 Å². The van der Waals surface area contributed by atoms with E-state index in [9.17, 15) is 5.11 Å². The minimum atomic E-state index is -0.409. The minimum absolute atomic E-state index is 0.0645. The molecule has 1 aromatic rings. The van der Waals surface area contributed by atoms with Crippen LogP contribution in [0.3, 0.4) is 0 Å². The van der Waals surface area contributed by atoms with Gasteiger partial charge in [-0.05, 0) is 19.1 Å². The Labute approximate surface area is 83.0 Å². The highest BCUT2D eigenvalue weighted by molar-refractivity contribution is 5.44. The number of methoxy groups -OCH3 is 2. The molecule has 4 heteroatoms. The molecule has 1 rings (SSSR count). The molecular weight excluding hydrogens is 184 g/mol. The highest BCUT2D eigenvalue weighted by Crippen LogP contribution is 2.30. The normalized spacial score (nSPS) is 12.2. The Kier molecular flexibility index (Phi) is 3.59. The van der Waals surface area contributed by atoms with E-state index in [-0.39, 0.29) is 5.75 Å². The molecule has 0 heterocycles. The molecule has 0 aromatic heterocycles. The van der Waals surface area contributed by atoms with Crippen LogP contribution in [0.2, 0.25) is 0 Å². The summed E-state index contributed by atoms with van der Waals surface area (Å²) < 4.78 is 15.2. The molecule has 1 unspecified atom stereocenters. The van der Waals surface area contributed by atoms with Gasteiger partial charge < -0.3 is 19.3 Å². The third-order valence-electron chi connectivity index (χ3n) is 1.79. The fourth-order valence-corrected chi connectivity index (χ4v) is 0.943. The highest BCUT2D eigenvalue weighted by Gasteiger charge is 2.07. The van der Waals surface area contributed by atoms with E-state index in [4.69, 9.17) is 14.2 Å². The second-order valence-electron chi connectivity index (χ2n) is 2.75. The number of phenolic OH excluding ortho intramolecular Hbond substituents is 1. The summed E-state index contributed by atoms with van der Waals surface area (Å²) in [5, 5.41) is 9.44. The predicted octanol–water partition coefficient (Wildman–Crippen LogP) is 1.77. The number of hydrogen-bond donors (Lipinski definition) is 1. The average molecular weight is 198 g/mol. The van der Waals surface area contributed by atoms with Crippen LogP contribution in [0.4, 0.5) is 0 Å². The Morgan fingerprint density at radius 1 is 1.29 bits per heavy atom. The van der Waals surface area contributed by atoms with Crippen molar-refractivity contribution in [3.8, 4) is 17.2 Å². The van der Waals surface area contributed by atoms with Crippen LogP contribution < -0.4 is 9.47 Å². The lowest BCUT2D eigenvalue weighted by molar-refractivity contribution is -0.0396. The molecular formula is C10H14O4. The van der Waals surface area contributed by atoms with E-state index in [1.54, 1.807) is 26.2 Å². The van der Waals surface area contributed by atoms with Crippen LogP contribution in [0.5, 0.6) is 17.2 Å². The second kappa shape index (κ2) is 4.72. The highest BCUT2D eigenvalue weighted by atomic mass is 16.7. The largest absolute Gasteiger partial charge is 0.504 e. The number of phenols is 1. The van der Waals surface area contributed by atoms with Crippen molar-refractivity contribution < 1.29 is 19.3 Å². The summed E-state index contributed by atoms with van der Waals surface area (Å²) in [6, 6.07) is 4.76. The van der Waals surface area contributed by atoms with Crippen LogP contribution in [0.1, 0.15) is 6.92 Å². The number of hydrogen-bond acceptors (Lipinski definition) is 4. The van der Waals surface area contributed by atoms with Gasteiger partial charge in [-0.25, -0.2) is 0 Å². The molecule has 78 valence electrons. The molecule has 0 saturated heterocycles. The number of rotatable bonds is 4. The summed E-state index contributed by atoms with van der Waals surface area (Å²) in [5.41, 5.74) is 0. The van der Waals surface area contributed by atoms with E-state index in [0.29, 0.717) is 11.5 Å². The Bertz CT molecular complexity index is 298. The Balaban J connectivity index is 2.83. The Morgan fingerprint density at radius 2 is 2.00 bits per heavy atom. The maximum Gasteiger partial charge on any atom is 0.196 e. The van der Waals surface area contributed by atoms with Crippen LogP contribution in [0.15, 0.2) is 18.2 Å². The van der Waals surface area contributed by atoms with Crippen LogP contribution in [-0.2, 0) is 4.74 Å². The molecule has 4 nitrogen and oxygen atoms in total. The molecule has 0 spiro atoms. The predicted molar refractivity (Wildman–Crippen MR) is 51.8 cm³/mol. The summed E-state index contributed by atoms with van der Waals surface area (Å²) in [6.07, 6.45) is -0.409. The maximum atomic E-state index is 9.44. The lowest BCUT2D eigenvalue weighted by Gasteiger charge is -2.14. The molecule has 0 fully saturated rings. The first kappa shape index (κ1) is 10.7. The van der Waals surface area contributed by atoms with Gasteiger partial charge in [-0.3, -0.25) is 0 Å². The van der Waals surface area contributed by atoms with Gasteiger partial charge in [0.15, 0.2) is 17.8 Å². The van der Waals surface area contributed by atoms with Crippen molar-refractivity contribution >= 4 is 0 Å². The summed E-state index contributed by atoms with van der Waals surface area (Å²) >= 11 is 0. The van der Waals surface area contributed by atoms with Crippen molar-refractivity contribution in [2.24, 2.45) is 0 Å². The van der Waals surface area contributed by atoms with Gasteiger partial charge in [0.25, 0.3) is 0 Å². The van der Waals surface area contributed by atoms with Gasteiger partial charge in [0.2, 0.25) is 0 Å². The van der Waals surface area contributed by atoms with Crippen molar-refractivity contribution in [3.05, 3.63) is 18.2 Å². The molecule has 0 bridgehead atoms. The Morgan fingerprint density at radius 3 is 2.57 bits per heavy atom. The van der Waals surface area contributed by atoms with Crippen molar-refractivity contribution in [2.75, 3.05) is 14.2 Å². The van der Waals surface area contributed by atoms with E-state index < -0.39 is 6.29 Å². The molecule has 1 atom stereocenters. The van der Waals surface area contributed by atoms with Crippen molar-refractivity contribution in [1.82, 2.24) is 0 Å². The zero-order chi connectivity index (χ0) is 10.6. The fourth-order valence-electron chi connectivity index (χ4n) is 0.943. The minimum Gasteiger partial charge on any atom is -0.504 e. The van der Waals surface area contributed by atoms with Crippen LogP contribution >= 0.6 is 0 Å². The van der Waals surface area contributed by atoms with E-state index in [2.05, 4.69) is 0 Å². The molecule has 1 aromatic carbocycles. The lowest BCUT2D eigenvalue weighted by atomic mass is 10.3. The van der Waals surface area contributed by atoms with E-state index in [0.717, 1.165) is 0 Å². The smallest absolute Gasteiger partial charge is 0.196 e.